The van der Waals surface area contributed by atoms with Gasteiger partial charge in [-0.15, -0.1) is 0 Å². The molecule has 0 spiro atoms. The topological polar surface area (TPSA) is 79.6 Å². The first-order valence-corrected chi connectivity index (χ1v) is 9.71. The highest BCUT2D eigenvalue weighted by molar-refractivity contribution is 7.90. The van der Waals surface area contributed by atoms with Crippen molar-refractivity contribution in [2.45, 2.75) is 18.9 Å². The first-order valence-electron chi connectivity index (χ1n) is 7.65. The summed E-state index contributed by atoms with van der Waals surface area (Å²) in [6, 6.07) is 1.74. The summed E-state index contributed by atoms with van der Waals surface area (Å²) in [4.78, 5) is 14.3. The predicted molar refractivity (Wildman–Crippen MR) is 82.3 cm³/mol. The SMILES string of the molecule is CS(=O)(=O)CCN1C[C@H](NC(=O)c2ccoc2)[C@@H](C2CC2)C1. The first-order chi connectivity index (χ1) is 10.4. The Balaban J connectivity index is 1.60. The molecule has 0 unspecified atom stereocenters. The monoisotopic (exact) mass is 326 g/mol. The molecule has 2 aliphatic rings. The van der Waals surface area contributed by atoms with E-state index in [1.165, 1.54) is 31.6 Å². The lowest BCUT2D eigenvalue weighted by atomic mass is 9.98. The van der Waals surface area contributed by atoms with Gasteiger partial charge < -0.3 is 9.73 Å². The first kappa shape index (κ1) is 15.6. The molecule has 3 rings (SSSR count). The normalized spacial score (nSPS) is 26.2. The van der Waals surface area contributed by atoms with Crippen molar-refractivity contribution in [2.75, 3.05) is 31.6 Å². The van der Waals surface area contributed by atoms with Gasteiger partial charge in [0.05, 0.1) is 17.6 Å². The van der Waals surface area contributed by atoms with Crippen molar-refractivity contribution in [3.05, 3.63) is 24.2 Å². The highest BCUT2D eigenvalue weighted by atomic mass is 32.2. The standard InChI is InChI=1S/C15H22N2O4S/c1-22(19,20)7-5-17-8-13(11-2-3-11)14(9-17)16-15(18)12-4-6-21-10-12/h4,6,10-11,13-14H,2-3,5,7-9H2,1H3,(H,16,18)/t13-,14+/m1/s1. The zero-order chi connectivity index (χ0) is 15.7. The molecule has 1 aliphatic carbocycles. The van der Waals surface area contributed by atoms with E-state index < -0.39 is 9.84 Å². The average molecular weight is 326 g/mol. The van der Waals surface area contributed by atoms with Gasteiger partial charge in [-0.2, -0.15) is 0 Å². The van der Waals surface area contributed by atoms with Gasteiger partial charge >= 0.3 is 0 Å². The summed E-state index contributed by atoms with van der Waals surface area (Å²) >= 11 is 0. The maximum Gasteiger partial charge on any atom is 0.254 e. The molecule has 0 aromatic carbocycles. The van der Waals surface area contributed by atoms with Crippen LogP contribution < -0.4 is 5.32 Å². The van der Waals surface area contributed by atoms with Crippen LogP contribution >= 0.6 is 0 Å². The van der Waals surface area contributed by atoms with E-state index >= 15 is 0 Å². The summed E-state index contributed by atoms with van der Waals surface area (Å²) < 4.78 is 27.6. The Morgan fingerprint density at radius 2 is 2.18 bits per heavy atom. The molecule has 0 radical (unpaired) electrons. The molecule has 1 aromatic rings. The lowest BCUT2D eigenvalue weighted by Crippen LogP contribution is -2.41. The van der Waals surface area contributed by atoms with Crippen molar-refractivity contribution < 1.29 is 17.6 Å². The van der Waals surface area contributed by atoms with E-state index in [1.54, 1.807) is 6.07 Å². The summed E-state index contributed by atoms with van der Waals surface area (Å²) in [6.07, 6.45) is 6.61. The van der Waals surface area contributed by atoms with Crippen LogP contribution in [0.1, 0.15) is 23.2 Å². The van der Waals surface area contributed by atoms with Crippen molar-refractivity contribution in [3.8, 4) is 0 Å². The Morgan fingerprint density at radius 1 is 1.41 bits per heavy atom. The lowest BCUT2D eigenvalue weighted by Gasteiger charge is -2.19. The van der Waals surface area contributed by atoms with Crippen molar-refractivity contribution in [1.29, 1.82) is 0 Å². The predicted octanol–water partition coefficient (Wildman–Crippen LogP) is 0.764. The van der Waals surface area contributed by atoms with Crippen molar-refractivity contribution in [2.24, 2.45) is 11.8 Å². The number of carbonyl (C=O) groups is 1. The summed E-state index contributed by atoms with van der Waals surface area (Å²) in [7, 11) is -2.95. The third kappa shape index (κ3) is 3.89. The van der Waals surface area contributed by atoms with E-state index in [4.69, 9.17) is 4.42 Å². The maximum atomic E-state index is 12.2. The van der Waals surface area contributed by atoms with Crippen molar-refractivity contribution in [3.63, 3.8) is 0 Å². The van der Waals surface area contributed by atoms with Crippen LogP contribution in [-0.2, 0) is 9.84 Å². The van der Waals surface area contributed by atoms with E-state index in [2.05, 4.69) is 10.2 Å². The number of hydrogen-bond donors (Lipinski definition) is 1. The van der Waals surface area contributed by atoms with Crippen LogP contribution in [0.2, 0.25) is 0 Å². The van der Waals surface area contributed by atoms with Crippen molar-refractivity contribution in [1.82, 2.24) is 10.2 Å². The van der Waals surface area contributed by atoms with Crippen LogP contribution in [0.5, 0.6) is 0 Å². The Hall–Kier alpha value is -1.34. The van der Waals surface area contributed by atoms with Gasteiger partial charge in [-0.1, -0.05) is 0 Å². The van der Waals surface area contributed by atoms with Crippen LogP contribution in [0.15, 0.2) is 23.0 Å². The summed E-state index contributed by atoms with van der Waals surface area (Å²) in [6.45, 7) is 2.14. The van der Waals surface area contributed by atoms with E-state index in [0.29, 0.717) is 23.9 Å². The Kier molecular flexibility index (Phi) is 4.27. The number of nitrogens with one attached hydrogen (secondary N) is 1. The molecule has 2 fully saturated rings. The molecule has 22 heavy (non-hydrogen) atoms. The number of rotatable bonds is 6. The minimum atomic E-state index is -2.95. The number of hydrogen-bond acceptors (Lipinski definition) is 5. The van der Waals surface area contributed by atoms with Gasteiger partial charge in [-0.25, -0.2) is 8.42 Å². The molecule has 1 amide bonds. The van der Waals surface area contributed by atoms with Crippen LogP contribution in [0, 0.1) is 11.8 Å². The molecule has 6 nitrogen and oxygen atoms in total. The molecular formula is C15H22N2O4S. The van der Waals surface area contributed by atoms with E-state index in [0.717, 1.165) is 13.1 Å². The second-order valence-electron chi connectivity index (χ2n) is 6.48. The van der Waals surface area contributed by atoms with Gasteiger partial charge in [0, 0.05) is 31.9 Å². The summed E-state index contributed by atoms with van der Waals surface area (Å²) in [5.41, 5.74) is 0.532. The molecule has 0 bridgehead atoms. The quantitative estimate of drug-likeness (QED) is 0.835. The fraction of sp³-hybridized carbons (Fsp3) is 0.667. The second-order valence-corrected chi connectivity index (χ2v) is 8.74. The van der Waals surface area contributed by atoms with Gasteiger partial charge in [-0.3, -0.25) is 9.69 Å². The highest BCUT2D eigenvalue weighted by Gasteiger charge is 2.43. The smallest absolute Gasteiger partial charge is 0.254 e. The molecule has 1 aromatic heterocycles. The largest absolute Gasteiger partial charge is 0.472 e. The van der Waals surface area contributed by atoms with Gasteiger partial charge in [0.25, 0.3) is 5.91 Å². The Bertz CT molecular complexity index is 622. The highest BCUT2D eigenvalue weighted by Crippen LogP contribution is 2.41. The van der Waals surface area contributed by atoms with Gasteiger partial charge in [0.2, 0.25) is 0 Å². The van der Waals surface area contributed by atoms with Gasteiger partial charge in [-0.05, 0) is 30.7 Å². The molecule has 1 N–H and O–H groups in total. The van der Waals surface area contributed by atoms with E-state index in [1.807, 2.05) is 0 Å². The molecular weight excluding hydrogens is 304 g/mol. The number of amides is 1. The number of sulfone groups is 1. The number of likely N-dealkylation sites (tertiary alicyclic amines) is 1. The fourth-order valence-electron chi connectivity index (χ4n) is 3.19. The number of furan rings is 1. The molecule has 1 saturated heterocycles. The molecule has 7 heteroatoms. The number of carbonyl (C=O) groups excluding carboxylic acids is 1. The van der Waals surface area contributed by atoms with Gasteiger partial charge in [0.15, 0.2) is 0 Å². The Labute approximate surface area is 130 Å². The summed E-state index contributed by atoms with van der Waals surface area (Å²) in [5.74, 6) is 1.15. The fourth-order valence-corrected chi connectivity index (χ4v) is 3.78. The van der Waals surface area contributed by atoms with Crippen molar-refractivity contribution >= 4 is 15.7 Å². The summed E-state index contributed by atoms with van der Waals surface area (Å²) in [5, 5.41) is 3.09. The zero-order valence-electron chi connectivity index (χ0n) is 12.7. The lowest BCUT2D eigenvalue weighted by molar-refractivity contribution is 0.0927. The van der Waals surface area contributed by atoms with Crippen LogP contribution in [0.25, 0.3) is 0 Å². The Morgan fingerprint density at radius 3 is 2.77 bits per heavy atom. The molecule has 1 saturated carbocycles. The average Bonchev–Trinajstić information content (AvgIpc) is 2.99. The maximum absolute atomic E-state index is 12.2. The zero-order valence-corrected chi connectivity index (χ0v) is 13.5. The van der Waals surface area contributed by atoms with E-state index in [-0.39, 0.29) is 17.7 Å². The number of nitrogens with zero attached hydrogens (tertiary/aromatic N) is 1. The van der Waals surface area contributed by atoms with Gasteiger partial charge in [0.1, 0.15) is 16.1 Å². The minimum Gasteiger partial charge on any atom is -0.472 e. The van der Waals surface area contributed by atoms with Crippen LogP contribution in [0.3, 0.4) is 0 Å². The molecule has 2 heterocycles. The molecule has 2 atom stereocenters. The molecule has 1 aliphatic heterocycles. The van der Waals surface area contributed by atoms with Crippen LogP contribution in [-0.4, -0.2) is 56.9 Å². The third-order valence-corrected chi connectivity index (χ3v) is 5.47. The van der Waals surface area contributed by atoms with Crippen LogP contribution in [0.4, 0.5) is 0 Å². The minimum absolute atomic E-state index is 0.0921. The second kappa shape index (κ2) is 6.04. The molecule has 122 valence electrons. The third-order valence-electron chi connectivity index (χ3n) is 4.55. The van der Waals surface area contributed by atoms with E-state index in [9.17, 15) is 13.2 Å².